The molecule has 0 saturated heterocycles. The molecule has 0 aliphatic rings. The Kier molecular flexibility index (Phi) is 5.11. The lowest BCUT2D eigenvalue weighted by molar-refractivity contribution is -0.129. The summed E-state index contributed by atoms with van der Waals surface area (Å²) < 4.78 is 0. The summed E-state index contributed by atoms with van der Waals surface area (Å²) in [4.78, 5) is 17.8. The maximum atomic E-state index is 11.9. The molecule has 4 nitrogen and oxygen atoms in total. The quantitative estimate of drug-likeness (QED) is 0.923. The van der Waals surface area contributed by atoms with E-state index in [1.165, 1.54) is 16.2 Å². The van der Waals surface area contributed by atoms with E-state index in [-0.39, 0.29) is 18.9 Å². The van der Waals surface area contributed by atoms with E-state index in [0.717, 1.165) is 16.3 Å². The van der Waals surface area contributed by atoms with Crippen LogP contribution >= 0.6 is 22.9 Å². The van der Waals surface area contributed by atoms with Crippen molar-refractivity contribution < 1.29 is 9.90 Å². The van der Waals surface area contributed by atoms with Crippen LogP contribution in [0, 0.1) is 0 Å². The molecule has 1 N–H and O–H groups in total. The maximum absolute atomic E-state index is 11.9. The number of rotatable bonds is 5. The smallest absolute Gasteiger partial charge is 0.228 e. The van der Waals surface area contributed by atoms with Gasteiger partial charge >= 0.3 is 0 Å². The molecule has 1 heterocycles. The zero-order valence-electron chi connectivity index (χ0n) is 11.0. The van der Waals surface area contributed by atoms with Crippen LogP contribution in [0.3, 0.4) is 0 Å². The van der Waals surface area contributed by atoms with Crippen LogP contribution in [0.25, 0.3) is 10.6 Å². The molecule has 0 atom stereocenters. The van der Waals surface area contributed by atoms with Crippen molar-refractivity contribution in [3.63, 3.8) is 0 Å². The molecule has 1 aromatic carbocycles. The number of aliphatic hydroxyl groups excluding tert-OH is 1. The second-order valence-electron chi connectivity index (χ2n) is 4.34. The third kappa shape index (κ3) is 3.56. The molecule has 0 aliphatic heterocycles. The Hall–Kier alpha value is -1.43. The highest BCUT2D eigenvalue weighted by Crippen LogP contribution is 2.30. The van der Waals surface area contributed by atoms with Gasteiger partial charge in [-0.25, -0.2) is 4.98 Å². The molecule has 0 bridgehead atoms. The molecular formula is C14H15ClN2O2S. The fourth-order valence-electron chi connectivity index (χ4n) is 1.71. The van der Waals surface area contributed by atoms with E-state index in [4.69, 9.17) is 16.7 Å². The largest absolute Gasteiger partial charge is 0.395 e. The van der Waals surface area contributed by atoms with Crippen LogP contribution in [0.5, 0.6) is 0 Å². The van der Waals surface area contributed by atoms with Gasteiger partial charge < -0.3 is 10.0 Å². The van der Waals surface area contributed by atoms with Crippen molar-refractivity contribution in [1.29, 1.82) is 0 Å². The van der Waals surface area contributed by atoms with E-state index in [2.05, 4.69) is 4.98 Å². The Morgan fingerprint density at radius 3 is 2.90 bits per heavy atom. The van der Waals surface area contributed by atoms with Crippen LogP contribution in [0.2, 0.25) is 5.02 Å². The van der Waals surface area contributed by atoms with Gasteiger partial charge in [0.15, 0.2) is 0 Å². The Labute approximate surface area is 126 Å². The highest BCUT2D eigenvalue weighted by Gasteiger charge is 2.13. The third-order valence-electron chi connectivity index (χ3n) is 2.85. The Balaban J connectivity index is 2.10. The minimum Gasteiger partial charge on any atom is -0.395 e. The number of thiazole rings is 1. The van der Waals surface area contributed by atoms with Gasteiger partial charge in [-0.05, 0) is 6.07 Å². The zero-order valence-corrected chi connectivity index (χ0v) is 12.6. The fourth-order valence-corrected chi connectivity index (χ4v) is 2.85. The van der Waals surface area contributed by atoms with Crippen LogP contribution in [0.1, 0.15) is 5.69 Å². The average molecular weight is 311 g/mol. The molecule has 0 saturated carbocycles. The summed E-state index contributed by atoms with van der Waals surface area (Å²) in [5, 5.41) is 12.1. The lowest BCUT2D eigenvalue weighted by Gasteiger charge is -2.14. The highest BCUT2D eigenvalue weighted by atomic mass is 35.5. The normalized spacial score (nSPS) is 10.6. The number of carbonyl (C=O) groups is 1. The summed E-state index contributed by atoms with van der Waals surface area (Å²) in [5.41, 5.74) is 1.60. The first-order valence-electron chi connectivity index (χ1n) is 6.16. The molecule has 6 heteroatoms. The Morgan fingerprint density at radius 2 is 2.20 bits per heavy atom. The summed E-state index contributed by atoms with van der Waals surface area (Å²) >= 11 is 7.60. The highest BCUT2D eigenvalue weighted by molar-refractivity contribution is 7.13. The summed E-state index contributed by atoms with van der Waals surface area (Å²) in [6, 6.07) is 7.50. The predicted octanol–water partition coefficient (Wildman–Crippen LogP) is 2.46. The predicted molar refractivity (Wildman–Crippen MR) is 81.0 cm³/mol. The molecule has 0 fully saturated rings. The Bertz CT molecular complexity index is 600. The molecular weight excluding hydrogens is 296 g/mol. The number of hydrogen-bond donors (Lipinski definition) is 1. The van der Waals surface area contributed by atoms with Gasteiger partial charge in [0.25, 0.3) is 0 Å². The molecule has 106 valence electrons. The van der Waals surface area contributed by atoms with Gasteiger partial charge in [-0.1, -0.05) is 29.8 Å². The van der Waals surface area contributed by atoms with Gasteiger partial charge in [0.2, 0.25) is 5.91 Å². The van der Waals surface area contributed by atoms with Crippen molar-refractivity contribution in [3.05, 3.63) is 40.4 Å². The monoisotopic (exact) mass is 310 g/mol. The lowest BCUT2D eigenvalue weighted by Crippen LogP contribution is -2.30. The van der Waals surface area contributed by atoms with E-state index in [1.807, 2.05) is 29.6 Å². The first kappa shape index (κ1) is 15.0. The van der Waals surface area contributed by atoms with Gasteiger partial charge in [0, 0.05) is 24.5 Å². The van der Waals surface area contributed by atoms with Gasteiger partial charge in [0.1, 0.15) is 5.01 Å². The molecule has 1 aromatic heterocycles. The summed E-state index contributed by atoms with van der Waals surface area (Å²) in [6.07, 6.45) is 0.234. The van der Waals surface area contributed by atoms with Crippen LogP contribution in [0.15, 0.2) is 29.6 Å². The Morgan fingerprint density at radius 1 is 1.45 bits per heavy atom. The van der Waals surface area contributed by atoms with Crippen molar-refractivity contribution in [2.45, 2.75) is 6.42 Å². The number of carbonyl (C=O) groups excluding carboxylic acids is 1. The van der Waals surface area contributed by atoms with E-state index in [9.17, 15) is 4.79 Å². The van der Waals surface area contributed by atoms with Crippen LogP contribution < -0.4 is 0 Å². The molecule has 0 unspecified atom stereocenters. The van der Waals surface area contributed by atoms with E-state index < -0.39 is 0 Å². The molecule has 20 heavy (non-hydrogen) atoms. The summed E-state index contributed by atoms with van der Waals surface area (Å²) in [7, 11) is 1.67. The van der Waals surface area contributed by atoms with Gasteiger partial charge in [0.05, 0.1) is 23.7 Å². The fraction of sp³-hybridized carbons (Fsp3) is 0.286. The van der Waals surface area contributed by atoms with E-state index in [0.29, 0.717) is 11.6 Å². The van der Waals surface area contributed by atoms with Crippen molar-refractivity contribution in [2.24, 2.45) is 0 Å². The maximum Gasteiger partial charge on any atom is 0.228 e. The second kappa shape index (κ2) is 6.83. The summed E-state index contributed by atoms with van der Waals surface area (Å²) in [5.74, 6) is -0.0601. The first-order chi connectivity index (χ1) is 9.61. The minimum atomic E-state index is -0.0601. The molecule has 2 aromatic rings. The topological polar surface area (TPSA) is 53.4 Å². The van der Waals surface area contributed by atoms with Crippen LogP contribution in [0.4, 0.5) is 0 Å². The number of likely N-dealkylation sites (N-methyl/N-ethyl adjacent to an activating group) is 1. The number of nitrogens with zero attached hydrogens (tertiary/aromatic N) is 2. The number of benzene rings is 1. The van der Waals surface area contributed by atoms with E-state index in [1.54, 1.807) is 7.05 Å². The summed E-state index contributed by atoms with van der Waals surface area (Å²) in [6.45, 7) is 0.296. The number of hydrogen-bond acceptors (Lipinski definition) is 4. The SMILES string of the molecule is CN(CCO)C(=O)Cc1csc(-c2ccccc2Cl)n1. The van der Waals surface area contributed by atoms with Crippen LogP contribution in [-0.2, 0) is 11.2 Å². The van der Waals surface area contributed by atoms with Crippen molar-refractivity contribution in [3.8, 4) is 10.6 Å². The minimum absolute atomic E-state index is 0.0375. The molecule has 0 spiro atoms. The second-order valence-corrected chi connectivity index (χ2v) is 5.60. The van der Waals surface area contributed by atoms with Gasteiger partial charge in [-0.2, -0.15) is 0 Å². The number of aromatic nitrogens is 1. The standard InChI is InChI=1S/C14H15ClN2O2S/c1-17(6-7-18)13(19)8-10-9-20-14(16-10)11-4-2-3-5-12(11)15/h2-5,9,18H,6-8H2,1H3. The van der Waals surface area contributed by atoms with E-state index >= 15 is 0 Å². The van der Waals surface area contributed by atoms with Crippen LogP contribution in [-0.4, -0.2) is 41.1 Å². The van der Waals surface area contributed by atoms with Crippen molar-refractivity contribution in [2.75, 3.05) is 20.2 Å². The number of halogens is 1. The van der Waals surface area contributed by atoms with Gasteiger partial charge in [-0.15, -0.1) is 11.3 Å². The lowest BCUT2D eigenvalue weighted by atomic mass is 10.2. The van der Waals surface area contributed by atoms with Crippen molar-refractivity contribution >= 4 is 28.8 Å². The zero-order chi connectivity index (χ0) is 14.5. The third-order valence-corrected chi connectivity index (χ3v) is 4.10. The molecule has 0 aliphatic carbocycles. The first-order valence-corrected chi connectivity index (χ1v) is 7.41. The number of amides is 1. The van der Waals surface area contributed by atoms with Gasteiger partial charge in [-0.3, -0.25) is 4.79 Å². The molecule has 0 radical (unpaired) electrons. The number of aliphatic hydroxyl groups is 1. The van der Waals surface area contributed by atoms with Crippen molar-refractivity contribution in [1.82, 2.24) is 9.88 Å². The average Bonchev–Trinajstić information content (AvgIpc) is 2.87. The molecule has 1 amide bonds. The molecule has 2 rings (SSSR count).